The molecule has 0 radical (unpaired) electrons. The van der Waals surface area contributed by atoms with Gasteiger partial charge in [0.1, 0.15) is 0 Å². The molecule has 0 heterocycles. The van der Waals surface area contributed by atoms with Crippen LogP contribution in [0.4, 0.5) is 0 Å². The summed E-state index contributed by atoms with van der Waals surface area (Å²) in [6.07, 6.45) is 9.27. The van der Waals surface area contributed by atoms with Crippen molar-refractivity contribution in [3.8, 4) is 23.7 Å². The minimum atomic E-state index is 0.968. The summed E-state index contributed by atoms with van der Waals surface area (Å²) in [6.45, 7) is 4.47. The molecule has 28 heavy (non-hydrogen) atoms. The number of hydrogen-bond donors (Lipinski definition) is 0. The van der Waals surface area contributed by atoms with Gasteiger partial charge in [-0.2, -0.15) is 0 Å². The fraction of sp³-hybridized carbons (Fsp3) is 0.357. The maximum absolute atomic E-state index is 3.50. The summed E-state index contributed by atoms with van der Waals surface area (Å²) in [7, 11) is 0. The van der Waals surface area contributed by atoms with Gasteiger partial charge in [-0.25, -0.2) is 0 Å². The molecule has 0 bridgehead atoms. The van der Waals surface area contributed by atoms with E-state index < -0.39 is 0 Å². The summed E-state index contributed by atoms with van der Waals surface area (Å²) in [4.78, 5) is 0. The Labute approximate surface area is 170 Å². The molecule has 3 aromatic carbocycles. The van der Waals surface area contributed by atoms with Crippen LogP contribution in [0, 0.1) is 23.7 Å². The molecule has 0 saturated heterocycles. The smallest absolute Gasteiger partial charge is 0.0403 e. The Kier molecular flexibility index (Phi) is 7.58. The average Bonchev–Trinajstić information content (AvgIpc) is 2.74. The Morgan fingerprint density at radius 2 is 0.893 bits per heavy atom. The van der Waals surface area contributed by atoms with Gasteiger partial charge in [-0.1, -0.05) is 112 Å². The highest BCUT2D eigenvalue weighted by Gasteiger charge is 2.10. The molecule has 0 aliphatic rings. The second-order valence-electron chi connectivity index (χ2n) is 7.36. The van der Waals surface area contributed by atoms with E-state index in [0.29, 0.717) is 0 Å². The van der Waals surface area contributed by atoms with Crippen molar-refractivity contribution in [2.24, 2.45) is 0 Å². The molecule has 0 nitrogen and oxygen atoms in total. The maximum Gasteiger partial charge on any atom is 0.0403 e. The van der Waals surface area contributed by atoms with Crippen molar-refractivity contribution in [3.05, 3.63) is 59.7 Å². The Bertz CT molecular complexity index is 905. The average molecular weight is 367 g/mol. The Morgan fingerprint density at radius 1 is 0.536 bits per heavy atom. The fourth-order valence-electron chi connectivity index (χ4n) is 3.63. The van der Waals surface area contributed by atoms with Gasteiger partial charge in [-0.15, -0.1) is 0 Å². The predicted molar refractivity (Wildman–Crippen MR) is 123 cm³/mol. The third-order valence-electron chi connectivity index (χ3n) is 5.17. The largest absolute Gasteiger partial charge is 0.0978 e. The molecule has 0 aromatic heterocycles. The van der Waals surface area contributed by atoms with E-state index in [1.54, 1.807) is 0 Å². The van der Waals surface area contributed by atoms with Gasteiger partial charge in [0.25, 0.3) is 0 Å². The zero-order valence-corrected chi connectivity index (χ0v) is 17.3. The zero-order valence-electron chi connectivity index (χ0n) is 17.3. The fourth-order valence-corrected chi connectivity index (χ4v) is 3.63. The van der Waals surface area contributed by atoms with Crippen LogP contribution in [0.25, 0.3) is 21.5 Å². The van der Waals surface area contributed by atoms with Crippen molar-refractivity contribution in [1.82, 2.24) is 0 Å². The first-order chi connectivity index (χ1) is 13.9. The van der Waals surface area contributed by atoms with E-state index in [0.717, 1.165) is 24.0 Å². The molecule has 0 aliphatic carbocycles. The second-order valence-corrected chi connectivity index (χ2v) is 7.36. The molecule has 0 unspecified atom stereocenters. The monoisotopic (exact) mass is 366 g/mol. The minimum absolute atomic E-state index is 0.968. The van der Waals surface area contributed by atoms with Crippen molar-refractivity contribution in [3.63, 3.8) is 0 Å². The molecule has 0 aliphatic heterocycles. The quantitative estimate of drug-likeness (QED) is 0.237. The first kappa shape index (κ1) is 20.0. The van der Waals surface area contributed by atoms with E-state index >= 15 is 0 Å². The molecule has 0 atom stereocenters. The number of benzene rings is 3. The standard InChI is InChI=1S/C28H30/c1-3-5-7-9-11-17-23-25-19-13-15-21-27(25)24(18-12-10-8-6-4-2)28-22-16-14-20-26(23)28/h13-16,19-22H,3-10H2,1-2H3. The molecule has 3 aromatic rings. The van der Waals surface area contributed by atoms with Crippen LogP contribution in [0.15, 0.2) is 48.5 Å². The van der Waals surface area contributed by atoms with E-state index in [4.69, 9.17) is 0 Å². The van der Waals surface area contributed by atoms with Gasteiger partial charge in [-0.3, -0.25) is 0 Å². The molecule has 0 heteroatoms. The summed E-state index contributed by atoms with van der Waals surface area (Å²) < 4.78 is 0. The Morgan fingerprint density at radius 3 is 1.21 bits per heavy atom. The van der Waals surface area contributed by atoms with Crippen molar-refractivity contribution < 1.29 is 0 Å². The number of hydrogen-bond acceptors (Lipinski definition) is 0. The van der Waals surface area contributed by atoms with Crippen LogP contribution in [-0.4, -0.2) is 0 Å². The van der Waals surface area contributed by atoms with E-state index in [9.17, 15) is 0 Å². The van der Waals surface area contributed by atoms with Crippen molar-refractivity contribution >= 4 is 21.5 Å². The number of fused-ring (bicyclic) bond motifs is 2. The van der Waals surface area contributed by atoms with E-state index in [1.165, 1.54) is 60.1 Å². The van der Waals surface area contributed by atoms with Gasteiger partial charge in [0.15, 0.2) is 0 Å². The molecule has 0 N–H and O–H groups in total. The SMILES string of the molecule is CCCCCC#Cc1c2ccccc2c(C#CCCCCC)c2ccccc12. The van der Waals surface area contributed by atoms with E-state index in [-0.39, 0.29) is 0 Å². The van der Waals surface area contributed by atoms with Gasteiger partial charge in [0.05, 0.1) is 0 Å². The van der Waals surface area contributed by atoms with Crippen molar-refractivity contribution in [1.29, 1.82) is 0 Å². The van der Waals surface area contributed by atoms with E-state index in [1.807, 2.05) is 0 Å². The molecule has 0 amide bonds. The highest BCUT2D eigenvalue weighted by atomic mass is 14.1. The molecular formula is C28H30. The highest BCUT2D eigenvalue weighted by molar-refractivity contribution is 6.09. The first-order valence-corrected chi connectivity index (χ1v) is 10.8. The summed E-state index contributed by atoms with van der Waals surface area (Å²) >= 11 is 0. The molecular weight excluding hydrogens is 336 g/mol. The summed E-state index contributed by atoms with van der Waals surface area (Å²) in [5, 5.41) is 4.90. The third kappa shape index (κ3) is 4.77. The Balaban J connectivity index is 2.10. The lowest BCUT2D eigenvalue weighted by Crippen LogP contribution is -1.90. The normalized spacial score (nSPS) is 10.4. The van der Waals surface area contributed by atoms with Crippen LogP contribution in [0.2, 0.25) is 0 Å². The Hall–Kier alpha value is -2.70. The number of unbranched alkanes of at least 4 members (excludes halogenated alkanes) is 6. The summed E-state index contributed by atoms with van der Waals surface area (Å²) in [5.74, 6) is 13.8. The lowest BCUT2D eigenvalue weighted by molar-refractivity contribution is 0.737. The van der Waals surface area contributed by atoms with Crippen LogP contribution in [-0.2, 0) is 0 Å². The lowest BCUT2D eigenvalue weighted by Gasteiger charge is -2.10. The molecule has 142 valence electrons. The predicted octanol–water partition coefficient (Wildman–Crippen LogP) is 7.86. The van der Waals surface area contributed by atoms with Gasteiger partial charge >= 0.3 is 0 Å². The minimum Gasteiger partial charge on any atom is -0.0978 e. The van der Waals surface area contributed by atoms with Gasteiger partial charge < -0.3 is 0 Å². The first-order valence-electron chi connectivity index (χ1n) is 10.8. The van der Waals surface area contributed by atoms with Crippen LogP contribution >= 0.6 is 0 Å². The van der Waals surface area contributed by atoms with Crippen LogP contribution in [0.3, 0.4) is 0 Å². The van der Waals surface area contributed by atoms with Gasteiger partial charge in [0, 0.05) is 24.0 Å². The molecule has 0 spiro atoms. The van der Waals surface area contributed by atoms with Crippen molar-refractivity contribution in [2.45, 2.75) is 65.2 Å². The number of rotatable bonds is 6. The lowest BCUT2D eigenvalue weighted by atomic mass is 9.92. The topological polar surface area (TPSA) is 0 Å². The molecule has 0 fully saturated rings. The third-order valence-corrected chi connectivity index (χ3v) is 5.17. The highest BCUT2D eigenvalue weighted by Crippen LogP contribution is 2.32. The van der Waals surface area contributed by atoms with Crippen LogP contribution in [0.5, 0.6) is 0 Å². The summed E-state index contributed by atoms with van der Waals surface area (Å²) in [5.41, 5.74) is 2.30. The van der Waals surface area contributed by atoms with Gasteiger partial charge in [-0.05, 0) is 34.4 Å². The molecule has 0 saturated carbocycles. The van der Waals surface area contributed by atoms with Gasteiger partial charge in [0.2, 0.25) is 0 Å². The zero-order chi connectivity index (χ0) is 19.6. The second kappa shape index (κ2) is 10.6. The maximum atomic E-state index is 3.50. The van der Waals surface area contributed by atoms with Crippen LogP contribution in [0.1, 0.15) is 76.3 Å². The van der Waals surface area contributed by atoms with E-state index in [2.05, 4.69) is 86.1 Å². The molecule has 3 rings (SSSR count). The van der Waals surface area contributed by atoms with Crippen LogP contribution < -0.4 is 0 Å². The van der Waals surface area contributed by atoms with Crippen molar-refractivity contribution in [2.75, 3.05) is 0 Å². The summed E-state index contributed by atoms with van der Waals surface area (Å²) in [6, 6.07) is 17.2.